The van der Waals surface area contributed by atoms with E-state index in [9.17, 15) is 9.59 Å². The number of carbonyl (C=O) groups excluding carboxylic acids is 1. The van der Waals surface area contributed by atoms with Gasteiger partial charge in [-0.15, -0.1) is 0 Å². The molecule has 0 radical (unpaired) electrons. The number of nitrogens with one attached hydrogen (secondary N) is 1. The van der Waals surface area contributed by atoms with E-state index < -0.39 is 12.0 Å². The molecule has 2 atom stereocenters. The fourth-order valence-corrected chi connectivity index (χ4v) is 2.88. The second-order valence-electron chi connectivity index (χ2n) is 7.05. The number of carboxylic acids is 1. The Morgan fingerprint density at radius 3 is 1.68 bits per heavy atom. The molecule has 0 saturated heterocycles. The Morgan fingerprint density at radius 1 is 0.840 bits per heavy atom. The SMILES string of the molecule is CCCCCCCCCCCCCC(=O)N[C@H](C(=O)O)[C@@H](C)CC.[NaH]. The van der Waals surface area contributed by atoms with Gasteiger partial charge in [-0.1, -0.05) is 91.4 Å². The predicted octanol–water partition coefficient (Wildman–Crippen LogP) is 4.65. The fraction of sp³-hybridized carbons (Fsp3) is 0.900. The van der Waals surface area contributed by atoms with Crippen LogP contribution < -0.4 is 5.32 Å². The number of carboxylic acid groups (broad SMARTS) is 1. The molecule has 144 valence electrons. The Balaban J connectivity index is 0. The molecule has 0 aliphatic rings. The summed E-state index contributed by atoms with van der Waals surface area (Å²) in [5.74, 6) is -1.10. The van der Waals surface area contributed by atoms with E-state index in [-0.39, 0.29) is 41.4 Å². The van der Waals surface area contributed by atoms with Crippen molar-refractivity contribution < 1.29 is 14.7 Å². The summed E-state index contributed by atoms with van der Waals surface area (Å²) in [4.78, 5) is 23.0. The molecule has 2 N–H and O–H groups in total. The van der Waals surface area contributed by atoms with E-state index in [0.717, 1.165) is 19.3 Å². The number of carbonyl (C=O) groups is 2. The van der Waals surface area contributed by atoms with Crippen molar-refractivity contribution in [2.75, 3.05) is 0 Å². The Bertz CT molecular complexity index is 337. The molecule has 0 aromatic heterocycles. The zero-order chi connectivity index (χ0) is 18.2. The zero-order valence-corrected chi connectivity index (χ0v) is 16.1. The first-order chi connectivity index (χ1) is 11.5. The van der Waals surface area contributed by atoms with E-state index >= 15 is 0 Å². The van der Waals surface area contributed by atoms with Gasteiger partial charge in [-0.25, -0.2) is 4.79 Å². The normalized spacial score (nSPS) is 12.9. The van der Waals surface area contributed by atoms with Crippen molar-refractivity contribution >= 4 is 41.4 Å². The van der Waals surface area contributed by atoms with Crippen LogP contribution in [0.15, 0.2) is 0 Å². The van der Waals surface area contributed by atoms with Crippen LogP contribution in [0.25, 0.3) is 0 Å². The van der Waals surface area contributed by atoms with Crippen molar-refractivity contribution in [2.24, 2.45) is 5.92 Å². The molecular formula is C20H40NNaO3. The maximum atomic E-state index is 11.9. The predicted molar refractivity (Wildman–Crippen MR) is 107 cm³/mol. The summed E-state index contributed by atoms with van der Waals surface area (Å²) in [7, 11) is 0. The third-order valence-electron chi connectivity index (χ3n) is 4.80. The molecule has 0 aromatic rings. The van der Waals surface area contributed by atoms with E-state index in [0.29, 0.717) is 6.42 Å². The number of hydrogen-bond donors (Lipinski definition) is 2. The average molecular weight is 366 g/mol. The second-order valence-corrected chi connectivity index (χ2v) is 7.05. The Hall–Kier alpha value is -0.0600. The molecule has 5 heteroatoms. The second kappa shape index (κ2) is 18.7. The summed E-state index contributed by atoms with van der Waals surface area (Å²) in [6, 6.07) is -0.754. The van der Waals surface area contributed by atoms with Crippen molar-refractivity contribution in [2.45, 2.75) is 110 Å². The third kappa shape index (κ3) is 15.9. The summed E-state index contributed by atoms with van der Waals surface area (Å²) in [5.41, 5.74) is 0. The van der Waals surface area contributed by atoms with Gasteiger partial charge in [-0.3, -0.25) is 4.79 Å². The molecule has 0 saturated carbocycles. The number of unbranched alkanes of at least 4 members (excludes halogenated alkanes) is 10. The Kier molecular flexibility index (Phi) is 20.3. The van der Waals surface area contributed by atoms with Gasteiger partial charge in [0.15, 0.2) is 0 Å². The van der Waals surface area contributed by atoms with Crippen molar-refractivity contribution in [3.63, 3.8) is 0 Å². The van der Waals surface area contributed by atoms with Gasteiger partial charge in [0, 0.05) is 6.42 Å². The first kappa shape index (κ1) is 27.2. The monoisotopic (exact) mass is 365 g/mol. The third-order valence-corrected chi connectivity index (χ3v) is 4.80. The van der Waals surface area contributed by atoms with E-state index in [2.05, 4.69) is 12.2 Å². The topological polar surface area (TPSA) is 66.4 Å². The first-order valence-electron chi connectivity index (χ1n) is 10.0. The van der Waals surface area contributed by atoms with Crippen LogP contribution in [-0.2, 0) is 9.59 Å². The van der Waals surface area contributed by atoms with Crippen molar-refractivity contribution in [1.29, 1.82) is 0 Å². The molecule has 0 spiro atoms. The van der Waals surface area contributed by atoms with E-state index in [1.54, 1.807) is 0 Å². The zero-order valence-electron chi connectivity index (χ0n) is 16.1. The average Bonchev–Trinajstić information content (AvgIpc) is 2.56. The quantitative estimate of drug-likeness (QED) is 0.309. The van der Waals surface area contributed by atoms with Crippen molar-refractivity contribution in [3.05, 3.63) is 0 Å². The van der Waals surface area contributed by atoms with Gasteiger partial charge in [-0.05, 0) is 12.3 Å². The molecule has 0 unspecified atom stereocenters. The van der Waals surface area contributed by atoms with Gasteiger partial charge in [0.2, 0.25) is 5.91 Å². The van der Waals surface area contributed by atoms with E-state index in [4.69, 9.17) is 5.11 Å². The van der Waals surface area contributed by atoms with Gasteiger partial charge in [0.25, 0.3) is 0 Å². The molecule has 0 bridgehead atoms. The van der Waals surface area contributed by atoms with Crippen LogP contribution in [-0.4, -0.2) is 52.6 Å². The molecule has 0 aromatic carbocycles. The number of amides is 1. The van der Waals surface area contributed by atoms with Crippen molar-refractivity contribution in [3.8, 4) is 0 Å². The fourth-order valence-electron chi connectivity index (χ4n) is 2.88. The number of rotatable bonds is 16. The van der Waals surface area contributed by atoms with Crippen LogP contribution in [0.3, 0.4) is 0 Å². The molecule has 25 heavy (non-hydrogen) atoms. The molecule has 0 aliphatic carbocycles. The molecular weight excluding hydrogens is 325 g/mol. The van der Waals surface area contributed by atoms with Gasteiger partial charge in [0.05, 0.1) is 0 Å². The minimum atomic E-state index is -0.934. The van der Waals surface area contributed by atoms with Gasteiger partial charge >= 0.3 is 35.5 Å². The molecule has 1 amide bonds. The van der Waals surface area contributed by atoms with Crippen LogP contribution in [0.5, 0.6) is 0 Å². The molecule has 0 fully saturated rings. The number of hydrogen-bond acceptors (Lipinski definition) is 2. The maximum absolute atomic E-state index is 11.9. The van der Waals surface area contributed by atoms with Gasteiger partial charge < -0.3 is 10.4 Å². The van der Waals surface area contributed by atoms with Gasteiger partial charge in [-0.2, -0.15) is 0 Å². The van der Waals surface area contributed by atoms with Crippen LogP contribution >= 0.6 is 0 Å². The van der Waals surface area contributed by atoms with Crippen LogP contribution in [0, 0.1) is 5.92 Å². The molecule has 0 aliphatic heterocycles. The first-order valence-corrected chi connectivity index (χ1v) is 10.0. The molecule has 4 nitrogen and oxygen atoms in total. The summed E-state index contributed by atoms with van der Waals surface area (Å²) in [5, 5.41) is 11.8. The van der Waals surface area contributed by atoms with Gasteiger partial charge in [0.1, 0.15) is 6.04 Å². The summed E-state index contributed by atoms with van der Waals surface area (Å²) in [6.45, 7) is 6.05. The number of aliphatic carboxylic acids is 1. The minimum absolute atomic E-state index is 0. The van der Waals surface area contributed by atoms with Crippen LogP contribution in [0.2, 0.25) is 0 Å². The summed E-state index contributed by atoms with van der Waals surface area (Å²) >= 11 is 0. The van der Waals surface area contributed by atoms with Crippen LogP contribution in [0.1, 0.15) is 104 Å². The molecule has 0 rings (SSSR count). The Morgan fingerprint density at radius 2 is 1.28 bits per heavy atom. The summed E-state index contributed by atoms with van der Waals surface area (Å²) in [6.07, 6.45) is 14.9. The summed E-state index contributed by atoms with van der Waals surface area (Å²) < 4.78 is 0. The Labute approximate surface area is 177 Å². The standard InChI is InChI=1S/C20H39NO3.Na.H/c1-4-6-7-8-9-10-11-12-13-14-15-16-18(22)21-19(20(23)24)17(3)5-2;;/h17,19H,4-16H2,1-3H3,(H,21,22)(H,23,24);;/t17-,19-;;/m0../s1. The van der Waals surface area contributed by atoms with E-state index in [1.807, 2.05) is 13.8 Å². The van der Waals surface area contributed by atoms with E-state index in [1.165, 1.54) is 57.8 Å². The van der Waals surface area contributed by atoms with Crippen molar-refractivity contribution in [1.82, 2.24) is 5.32 Å². The van der Waals surface area contributed by atoms with Crippen LogP contribution in [0.4, 0.5) is 0 Å². The molecule has 0 heterocycles.